The molecule has 1 aromatic carbocycles. The Kier molecular flexibility index (Phi) is 5.11. The number of benzene rings is 1. The molecule has 1 saturated heterocycles. The first-order valence-corrected chi connectivity index (χ1v) is 10.2. The molecule has 1 N–H and O–H groups in total. The van der Waals surface area contributed by atoms with E-state index in [1.807, 2.05) is 48.2 Å². The van der Waals surface area contributed by atoms with Crippen molar-refractivity contribution in [1.29, 1.82) is 0 Å². The van der Waals surface area contributed by atoms with E-state index in [1.54, 1.807) is 6.07 Å². The fourth-order valence-electron chi connectivity index (χ4n) is 4.55. The van der Waals surface area contributed by atoms with Crippen LogP contribution in [0.2, 0.25) is 5.02 Å². The van der Waals surface area contributed by atoms with Crippen LogP contribution in [-0.4, -0.2) is 29.4 Å². The Balaban J connectivity index is 1.47. The SMILES string of the molecule is Cc1cccc(C(=O)NC2CCCC3(CCN(c4cccc(Cl)c4)C3=O)C2)n1. The van der Waals surface area contributed by atoms with E-state index in [1.165, 1.54) is 0 Å². The number of carbonyl (C=O) groups is 2. The van der Waals surface area contributed by atoms with Gasteiger partial charge in [-0.25, -0.2) is 4.98 Å². The van der Waals surface area contributed by atoms with Crippen molar-refractivity contribution in [2.75, 3.05) is 11.4 Å². The van der Waals surface area contributed by atoms with Gasteiger partial charge in [0, 0.05) is 29.0 Å². The van der Waals surface area contributed by atoms with Gasteiger partial charge in [0.05, 0.1) is 5.41 Å². The molecule has 146 valence electrons. The van der Waals surface area contributed by atoms with E-state index in [4.69, 9.17) is 11.6 Å². The first-order valence-electron chi connectivity index (χ1n) is 9.79. The van der Waals surface area contributed by atoms with Gasteiger partial charge in [0.15, 0.2) is 0 Å². The molecule has 0 radical (unpaired) electrons. The number of hydrogen-bond donors (Lipinski definition) is 1. The van der Waals surface area contributed by atoms with Crippen LogP contribution in [0.5, 0.6) is 0 Å². The molecule has 5 nitrogen and oxygen atoms in total. The molecule has 2 aromatic rings. The number of hydrogen-bond acceptors (Lipinski definition) is 3. The average Bonchev–Trinajstić information content (AvgIpc) is 2.97. The molecular weight excluding hydrogens is 374 g/mol. The van der Waals surface area contributed by atoms with Crippen molar-refractivity contribution in [2.45, 2.75) is 45.1 Å². The summed E-state index contributed by atoms with van der Waals surface area (Å²) in [5.74, 6) is -0.00899. The minimum absolute atomic E-state index is 0.00757. The highest BCUT2D eigenvalue weighted by Crippen LogP contribution is 2.46. The summed E-state index contributed by atoms with van der Waals surface area (Å²) in [6.45, 7) is 2.56. The number of rotatable bonds is 3. The van der Waals surface area contributed by atoms with Crippen molar-refractivity contribution in [3.63, 3.8) is 0 Å². The molecule has 6 heteroatoms. The molecule has 2 unspecified atom stereocenters. The second-order valence-corrected chi connectivity index (χ2v) is 8.33. The molecule has 2 aliphatic rings. The molecule has 1 aliphatic carbocycles. The van der Waals surface area contributed by atoms with Crippen LogP contribution in [0.1, 0.15) is 48.3 Å². The maximum Gasteiger partial charge on any atom is 0.270 e. The van der Waals surface area contributed by atoms with Crippen molar-refractivity contribution in [3.05, 3.63) is 58.9 Å². The average molecular weight is 398 g/mol. The summed E-state index contributed by atoms with van der Waals surface area (Å²) < 4.78 is 0. The third-order valence-electron chi connectivity index (χ3n) is 5.93. The summed E-state index contributed by atoms with van der Waals surface area (Å²) in [5, 5.41) is 3.73. The molecular formula is C22H24ClN3O2. The first-order chi connectivity index (χ1) is 13.5. The van der Waals surface area contributed by atoms with Crippen LogP contribution >= 0.6 is 11.6 Å². The molecule has 1 aliphatic heterocycles. The van der Waals surface area contributed by atoms with E-state index in [0.717, 1.165) is 37.1 Å². The van der Waals surface area contributed by atoms with Crippen molar-refractivity contribution >= 4 is 29.1 Å². The summed E-state index contributed by atoms with van der Waals surface area (Å²) in [5.41, 5.74) is 1.71. The van der Waals surface area contributed by atoms with Gasteiger partial charge in [-0.05, 0) is 62.9 Å². The molecule has 4 rings (SSSR count). The highest BCUT2D eigenvalue weighted by molar-refractivity contribution is 6.31. The number of nitrogens with zero attached hydrogens (tertiary/aromatic N) is 2. The van der Waals surface area contributed by atoms with E-state index >= 15 is 0 Å². The Morgan fingerprint density at radius 1 is 1.25 bits per heavy atom. The van der Waals surface area contributed by atoms with Crippen LogP contribution in [0.3, 0.4) is 0 Å². The van der Waals surface area contributed by atoms with Gasteiger partial charge in [-0.15, -0.1) is 0 Å². The van der Waals surface area contributed by atoms with Crippen molar-refractivity contribution in [2.24, 2.45) is 5.41 Å². The van der Waals surface area contributed by atoms with Crippen LogP contribution < -0.4 is 10.2 Å². The van der Waals surface area contributed by atoms with Gasteiger partial charge in [-0.1, -0.05) is 30.2 Å². The van der Waals surface area contributed by atoms with Gasteiger partial charge in [-0.2, -0.15) is 0 Å². The van der Waals surface area contributed by atoms with E-state index in [0.29, 0.717) is 23.7 Å². The summed E-state index contributed by atoms with van der Waals surface area (Å²) in [7, 11) is 0. The van der Waals surface area contributed by atoms with Crippen LogP contribution in [-0.2, 0) is 4.79 Å². The predicted octanol–water partition coefficient (Wildman–Crippen LogP) is 4.14. The molecule has 1 saturated carbocycles. The number of halogens is 1. The topological polar surface area (TPSA) is 62.3 Å². The number of pyridine rings is 1. The number of anilines is 1. The largest absolute Gasteiger partial charge is 0.348 e. The molecule has 28 heavy (non-hydrogen) atoms. The Morgan fingerprint density at radius 2 is 2.07 bits per heavy atom. The number of aromatic nitrogens is 1. The Labute approximate surface area is 170 Å². The van der Waals surface area contributed by atoms with Crippen molar-refractivity contribution in [3.8, 4) is 0 Å². The second kappa shape index (κ2) is 7.55. The van der Waals surface area contributed by atoms with E-state index < -0.39 is 5.41 Å². The summed E-state index contributed by atoms with van der Waals surface area (Å²) in [6, 6.07) is 12.9. The lowest BCUT2D eigenvalue weighted by molar-refractivity contribution is -0.127. The second-order valence-electron chi connectivity index (χ2n) is 7.90. The van der Waals surface area contributed by atoms with Gasteiger partial charge < -0.3 is 10.2 Å². The Morgan fingerprint density at radius 3 is 2.86 bits per heavy atom. The minimum atomic E-state index is -0.390. The number of amides is 2. The van der Waals surface area contributed by atoms with E-state index in [2.05, 4.69) is 10.3 Å². The smallest absolute Gasteiger partial charge is 0.270 e. The highest BCUT2D eigenvalue weighted by Gasteiger charge is 2.49. The fourth-order valence-corrected chi connectivity index (χ4v) is 4.73. The fraction of sp³-hybridized carbons (Fsp3) is 0.409. The number of carbonyl (C=O) groups excluding carboxylic acids is 2. The lowest BCUT2D eigenvalue weighted by Crippen LogP contribution is -2.46. The first kappa shape index (κ1) is 18.9. The predicted molar refractivity (Wildman–Crippen MR) is 110 cm³/mol. The van der Waals surface area contributed by atoms with Crippen molar-refractivity contribution in [1.82, 2.24) is 10.3 Å². The van der Waals surface area contributed by atoms with Crippen molar-refractivity contribution < 1.29 is 9.59 Å². The lowest BCUT2D eigenvalue weighted by Gasteiger charge is -2.36. The number of aryl methyl sites for hydroxylation is 1. The minimum Gasteiger partial charge on any atom is -0.348 e. The zero-order valence-corrected chi connectivity index (χ0v) is 16.7. The Bertz CT molecular complexity index is 916. The van der Waals surface area contributed by atoms with E-state index in [-0.39, 0.29) is 17.9 Å². The summed E-state index contributed by atoms with van der Waals surface area (Å²) >= 11 is 6.11. The zero-order valence-electron chi connectivity index (χ0n) is 16.0. The van der Waals surface area contributed by atoms with Gasteiger partial charge in [0.2, 0.25) is 5.91 Å². The highest BCUT2D eigenvalue weighted by atomic mass is 35.5. The summed E-state index contributed by atoms with van der Waals surface area (Å²) in [6.07, 6.45) is 4.19. The quantitative estimate of drug-likeness (QED) is 0.846. The molecule has 0 bridgehead atoms. The third kappa shape index (κ3) is 3.63. The molecule has 1 aromatic heterocycles. The standard InChI is InChI=1S/C22H24ClN3O2/c1-15-5-2-9-19(24-15)20(27)25-17-7-4-10-22(14-17)11-12-26(21(22)28)18-8-3-6-16(23)13-18/h2-3,5-6,8-9,13,17H,4,7,10-12,14H2,1H3,(H,25,27). The van der Waals surface area contributed by atoms with Crippen LogP contribution in [0.15, 0.2) is 42.5 Å². The lowest BCUT2D eigenvalue weighted by atomic mass is 9.71. The third-order valence-corrected chi connectivity index (χ3v) is 6.17. The van der Waals surface area contributed by atoms with Crippen LogP contribution in [0, 0.1) is 12.3 Å². The van der Waals surface area contributed by atoms with Crippen LogP contribution in [0.4, 0.5) is 5.69 Å². The van der Waals surface area contributed by atoms with Crippen LogP contribution in [0.25, 0.3) is 0 Å². The van der Waals surface area contributed by atoms with Gasteiger partial charge in [-0.3, -0.25) is 9.59 Å². The summed E-state index contributed by atoms with van der Waals surface area (Å²) in [4.78, 5) is 32.0. The monoisotopic (exact) mass is 397 g/mol. The molecule has 2 amide bonds. The van der Waals surface area contributed by atoms with Gasteiger partial charge in [0.1, 0.15) is 5.69 Å². The molecule has 2 atom stereocenters. The molecule has 2 fully saturated rings. The molecule has 1 spiro atoms. The molecule has 2 heterocycles. The number of nitrogens with one attached hydrogen (secondary N) is 1. The van der Waals surface area contributed by atoms with Gasteiger partial charge >= 0.3 is 0 Å². The normalized spacial score (nSPS) is 24.6. The Hall–Kier alpha value is -2.40. The van der Waals surface area contributed by atoms with Gasteiger partial charge in [0.25, 0.3) is 5.91 Å². The zero-order chi connectivity index (χ0) is 19.7. The van der Waals surface area contributed by atoms with E-state index in [9.17, 15) is 9.59 Å². The maximum atomic E-state index is 13.3. The maximum absolute atomic E-state index is 13.3.